The van der Waals surface area contributed by atoms with Crippen molar-refractivity contribution in [2.24, 2.45) is 17.6 Å². The molecule has 1 saturated carbocycles. The van der Waals surface area contributed by atoms with Gasteiger partial charge in [-0.2, -0.15) is 0 Å². The molecule has 1 aliphatic heterocycles. The lowest BCUT2D eigenvalue weighted by Crippen LogP contribution is -2.42. The van der Waals surface area contributed by atoms with Crippen LogP contribution in [0.4, 0.5) is 0 Å². The molecule has 0 aromatic rings. The Morgan fingerprint density at radius 3 is 2.65 bits per heavy atom. The highest BCUT2D eigenvalue weighted by molar-refractivity contribution is 5.87. The summed E-state index contributed by atoms with van der Waals surface area (Å²) < 4.78 is 0. The summed E-state index contributed by atoms with van der Waals surface area (Å²) in [4.78, 5) is 25.3. The fraction of sp³-hybridized carbons (Fsp3) is 0.778. The molecule has 0 unspecified atom stereocenters. The lowest BCUT2D eigenvalue weighted by Gasteiger charge is -2.31. The van der Waals surface area contributed by atoms with Gasteiger partial charge in [0.2, 0.25) is 11.8 Å². The normalized spacial score (nSPS) is 23.9. The Balaban J connectivity index is 1.56. The minimum absolute atomic E-state index is 0.00299. The molecule has 1 heterocycles. The zero-order chi connectivity index (χ0) is 16.5. The van der Waals surface area contributed by atoms with Crippen LogP contribution in [0, 0.1) is 11.8 Å². The first-order valence-electron chi connectivity index (χ1n) is 9.13. The van der Waals surface area contributed by atoms with Crippen LogP contribution in [0.5, 0.6) is 0 Å². The Labute approximate surface area is 139 Å². The quantitative estimate of drug-likeness (QED) is 0.555. The number of piperidine rings is 1. The monoisotopic (exact) mass is 321 g/mol. The molecule has 2 amide bonds. The highest BCUT2D eigenvalue weighted by Crippen LogP contribution is 2.24. The van der Waals surface area contributed by atoms with E-state index in [0.29, 0.717) is 12.5 Å². The first-order chi connectivity index (χ1) is 11.1. The number of primary amides is 1. The van der Waals surface area contributed by atoms with Crippen molar-refractivity contribution in [3.63, 3.8) is 0 Å². The molecule has 3 N–H and O–H groups in total. The van der Waals surface area contributed by atoms with E-state index in [9.17, 15) is 9.59 Å². The average Bonchev–Trinajstić information content (AvgIpc) is 2.58. The number of carbonyl (C=O) groups excluding carboxylic acids is 2. The number of hydrogen-bond acceptors (Lipinski definition) is 3. The van der Waals surface area contributed by atoms with Crippen LogP contribution >= 0.6 is 0 Å². The Kier molecular flexibility index (Phi) is 7.59. The summed E-state index contributed by atoms with van der Waals surface area (Å²) in [7, 11) is 0. The lowest BCUT2D eigenvalue weighted by atomic mass is 9.89. The molecule has 1 aliphatic carbocycles. The van der Waals surface area contributed by atoms with Crippen molar-refractivity contribution in [2.75, 3.05) is 26.2 Å². The van der Waals surface area contributed by atoms with Crippen LogP contribution in [0.2, 0.25) is 0 Å². The zero-order valence-electron chi connectivity index (χ0n) is 14.1. The van der Waals surface area contributed by atoms with E-state index in [1.807, 2.05) is 0 Å². The molecular weight excluding hydrogens is 290 g/mol. The number of nitrogens with one attached hydrogen (secondary N) is 1. The predicted molar refractivity (Wildman–Crippen MR) is 91.7 cm³/mol. The smallest absolute Gasteiger partial charge is 0.243 e. The first-order valence-corrected chi connectivity index (χ1v) is 9.13. The molecule has 2 aliphatic rings. The van der Waals surface area contributed by atoms with E-state index < -0.39 is 0 Å². The number of allylic oxidation sites excluding steroid dienone is 1. The van der Waals surface area contributed by atoms with Gasteiger partial charge in [-0.05, 0) is 57.2 Å². The molecule has 23 heavy (non-hydrogen) atoms. The Bertz CT molecular complexity index is 416. The van der Waals surface area contributed by atoms with Crippen LogP contribution in [0.1, 0.15) is 51.4 Å². The summed E-state index contributed by atoms with van der Waals surface area (Å²) in [6.45, 7) is 3.39. The highest BCUT2D eigenvalue weighted by atomic mass is 16.1. The van der Waals surface area contributed by atoms with Gasteiger partial charge in [-0.3, -0.25) is 9.59 Å². The molecule has 130 valence electrons. The third-order valence-electron chi connectivity index (χ3n) is 5.03. The fourth-order valence-electron chi connectivity index (χ4n) is 3.61. The highest BCUT2D eigenvalue weighted by Gasteiger charge is 2.23. The molecule has 0 aromatic carbocycles. The predicted octanol–water partition coefficient (Wildman–Crippen LogP) is 1.83. The Morgan fingerprint density at radius 2 is 1.91 bits per heavy atom. The maximum Gasteiger partial charge on any atom is 0.243 e. The third kappa shape index (κ3) is 6.73. The Hall–Kier alpha value is -1.36. The van der Waals surface area contributed by atoms with E-state index >= 15 is 0 Å². The van der Waals surface area contributed by atoms with Gasteiger partial charge in [-0.25, -0.2) is 0 Å². The molecule has 0 radical (unpaired) electrons. The fourth-order valence-corrected chi connectivity index (χ4v) is 3.61. The second-order valence-electron chi connectivity index (χ2n) is 6.94. The molecule has 1 saturated heterocycles. The van der Waals surface area contributed by atoms with Gasteiger partial charge in [0.25, 0.3) is 0 Å². The van der Waals surface area contributed by atoms with Crippen LogP contribution in [-0.4, -0.2) is 42.9 Å². The van der Waals surface area contributed by atoms with E-state index in [0.717, 1.165) is 38.9 Å². The first kappa shape index (κ1) is 18.0. The maximum atomic E-state index is 11.8. The summed E-state index contributed by atoms with van der Waals surface area (Å²) in [5, 5.41) is 2.95. The molecular formula is C18H31N3O2. The topological polar surface area (TPSA) is 75.4 Å². The van der Waals surface area contributed by atoms with Crippen LogP contribution in [0.3, 0.4) is 0 Å². The third-order valence-corrected chi connectivity index (χ3v) is 5.03. The van der Waals surface area contributed by atoms with Crippen molar-refractivity contribution < 1.29 is 9.59 Å². The van der Waals surface area contributed by atoms with Gasteiger partial charge in [0.05, 0.1) is 5.92 Å². The number of nitrogens with two attached hydrogens (primary N) is 1. The van der Waals surface area contributed by atoms with Gasteiger partial charge in [0, 0.05) is 13.1 Å². The van der Waals surface area contributed by atoms with Crippen LogP contribution in [0.15, 0.2) is 12.2 Å². The van der Waals surface area contributed by atoms with E-state index in [4.69, 9.17) is 5.73 Å². The summed E-state index contributed by atoms with van der Waals surface area (Å²) in [6.07, 6.45) is 13.0. The van der Waals surface area contributed by atoms with Crippen molar-refractivity contribution in [2.45, 2.75) is 51.4 Å². The standard InChI is InChI=1S/C18H31N3O2/c19-18(23)16-8-4-12-21(14-16)13-5-11-20-17(22)10-9-15-6-2-1-3-7-15/h9-10,15-16H,1-8,11-14H2,(H2,19,23)(H,20,22)/b10-9-/t16-/m0/s1. The summed E-state index contributed by atoms with van der Waals surface area (Å²) in [6, 6.07) is 0. The Morgan fingerprint density at radius 1 is 1.13 bits per heavy atom. The van der Waals surface area contributed by atoms with Gasteiger partial charge < -0.3 is 16.0 Å². The van der Waals surface area contributed by atoms with Crippen molar-refractivity contribution in [3.05, 3.63) is 12.2 Å². The van der Waals surface area contributed by atoms with Gasteiger partial charge in [-0.1, -0.05) is 25.3 Å². The molecule has 1 atom stereocenters. The number of carbonyl (C=O) groups is 2. The molecule has 5 heteroatoms. The van der Waals surface area contributed by atoms with Crippen molar-refractivity contribution in [1.29, 1.82) is 0 Å². The molecule has 2 fully saturated rings. The maximum absolute atomic E-state index is 11.8. The van der Waals surface area contributed by atoms with Crippen LogP contribution < -0.4 is 11.1 Å². The molecule has 5 nitrogen and oxygen atoms in total. The van der Waals surface area contributed by atoms with Crippen molar-refractivity contribution in [1.82, 2.24) is 10.2 Å². The number of rotatable bonds is 7. The minimum Gasteiger partial charge on any atom is -0.369 e. The summed E-state index contributed by atoms with van der Waals surface area (Å²) in [5.41, 5.74) is 5.39. The van der Waals surface area contributed by atoms with E-state index in [1.165, 1.54) is 32.1 Å². The number of likely N-dealkylation sites (tertiary alicyclic amines) is 1. The van der Waals surface area contributed by atoms with Crippen LogP contribution in [0.25, 0.3) is 0 Å². The summed E-state index contributed by atoms with van der Waals surface area (Å²) in [5.74, 6) is 0.422. The average molecular weight is 321 g/mol. The number of hydrogen-bond donors (Lipinski definition) is 2. The SMILES string of the molecule is NC(=O)[C@H]1CCCN(CCCNC(=O)/C=C\C2CCCCC2)C1. The van der Waals surface area contributed by atoms with E-state index in [-0.39, 0.29) is 17.7 Å². The summed E-state index contributed by atoms with van der Waals surface area (Å²) >= 11 is 0. The van der Waals surface area contributed by atoms with Crippen molar-refractivity contribution in [3.8, 4) is 0 Å². The van der Waals surface area contributed by atoms with Gasteiger partial charge >= 0.3 is 0 Å². The minimum atomic E-state index is -0.184. The molecule has 0 spiro atoms. The van der Waals surface area contributed by atoms with Gasteiger partial charge in [0.1, 0.15) is 0 Å². The number of amides is 2. The molecule has 2 rings (SSSR count). The second-order valence-corrected chi connectivity index (χ2v) is 6.94. The van der Waals surface area contributed by atoms with E-state index in [2.05, 4.69) is 16.3 Å². The number of nitrogens with zero attached hydrogens (tertiary/aromatic N) is 1. The second kappa shape index (κ2) is 9.71. The lowest BCUT2D eigenvalue weighted by molar-refractivity contribution is -0.123. The molecule has 0 bridgehead atoms. The van der Waals surface area contributed by atoms with Gasteiger partial charge in [0.15, 0.2) is 0 Å². The van der Waals surface area contributed by atoms with E-state index in [1.54, 1.807) is 6.08 Å². The largest absolute Gasteiger partial charge is 0.369 e. The molecule has 0 aromatic heterocycles. The zero-order valence-corrected chi connectivity index (χ0v) is 14.1. The van der Waals surface area contributed by atoms with Crippen molar-refractivity contribution >= 4 is 11.8 Å². The van der Waals surface area contributed by atoms with Crippen LogP contribution in [-0.2, 0) is 9.59 Å². The van der Waals surface area contributed by atoms with Gasteiger partial charge in [-0.15, -0.1) is 0 Å².